The maximum Gasteiger partial charge on any atom is 0.416 e. The lowest BCUT2D eigenvalue weighted by Crippen LogP contribution is -2.36. The van der Waals surface area contributed by atoms with Gasteiger partial charge in [-0.05, 0) is 56.3 Å². The van der Waals surface area contributed by atoms with Gasteiger partial charge in [0.15, 0.2) is 0 Å². The average molecular weight is 352 g/mol. The molecule has 1 saturated heterocycles. The maximum absolute atomic E-state index is 13.1. The zero-order valence-electron chi connectivity index (χ0n) is 14.1. The molecule has 0 spiro atoms. The number of halogens is 3. The Balaban J connectivity index is 1.86. The largest absolute Gasteiger partial charge is 0.416 e. The van der Waals surface area contributed by atoms with Gasteiger partial charge in [0.2, 0.25) is 0 Å². The van der Waals surface area contributed by atoms with Gasteiger partial charge < -0.3 is 10.6 Å². The van der Waals surface area contributed by atoms with Crippen molar-refractivity contribution < 1.29 is 13.2 Å². The van der Waals surface area contributed by atoms with Crippen LogP contribution < -0.4 is 10.6 Å². The molecule has 7 heteroatoms. The minimum Gasteiger partial charge on any atom is -0.356 e. The molecule has 2 heterocycles. The summed E-state index contributed by atoms with van der Waals surface area (Å²) in [5, 5.41) is 0.472. The van der Waals surface area contributed by atoms with Crippen molar-refractivity contribution in [1.29, 1.82) is 0 Å². The molecule has 1 aromatic carbocycles. The second-order valence-electron chi connectivity index (χ2n) is 6.67. The molecule has 0 radical (unpaired) electrons. The SMILES string of the molecule is NCCCCC1CCCN(c2ncnc3ccc(C(F)(F)F)cc23)C1. The third-order valence-electron chi connectivity index (χ3n) is 4.83. The van der Waals surface area contributed by atoms with Crippen molar-refractivity contribution in [1.82, 2.24) is 9.97 Å². The number of nitrogens with zero attached hydrogens (tertiary/aromatic N) is 3. The number of fused-ring (bicyclic) bond motifs is 1. The summed E-state index contributed by atoms with van der Waals surface area (Å²) >= 11 is 0. The van der Waals surface area contributed by atoms with Crippen LogP contribution in [0, 0.1) is 5.92 Å². The lowest BCUT2D eigenvalue weighted by Gasteiger charge is -2.34. The standard InChI is InChI=1S/C18H23F3N4/c19-18(20,21)14-6-7-16-15(10-14)17(24-12-23-16)25-9-3-5-13(11-25)4-1-2-8-22/h6-7,10,12-13H,1-5,8-9,11,22H2. The molecule has 2 N–H and O–H groups in total. The van der Waals surface area contributed by atoms with E-state index in [2.05, 4.69) is 14.9 Å². The van der Waals surface area contributed by atoms with Crippen LogP contribution in [0.3, 0.4) is 0 Å². The Bertz CT molecular complexity index is 717. The van der Waals surface area contributed by atoms with Gasteiger partial charge in [0.05, 0.1) is 11.1 Å². The number of rotatable bonds is 5. The Hall–Kier alpha value is -1.89. The van der Waals surface area contributed by atoms with Crippen molar-refractivity contribution in [3.05, 3.63) is 30.1 Å². The highest BCUT2D eigenvalue weighted by molar-refractivity contribution is 5.90. The van der Waals surface area contributed by atoms with Gasteiger partial charge >= 0.3 is 6.18 Å². The molecule has 25 heavy (non-hydrogen) atoms. The number of piperidine rings is 1. The zero-order chi connectivity index (χ0) is 17.9. The molecule has 4 nitrogen and oxygen atoms in total. The molecule has 0 aliphatic carbocycles. The summed E-state index contributed by atoms with van der Waals surface area (Å²) in [6.45, 7) is 2.34. The third kappa shape index (κ3) is 4.21. The highest BCUT2D eigenvalue weighted by Crippen LogP contribution is 2.34. The molecule has 1 aromatic heterocycles. The number of benzene rings is 1. The Morgan fingerprint density at radius 3 is 2.80 bits per heavy atom. The minimum absolute atomic E-state index is 0.472. The first-order valence-corrected chi connectivity index (χ1v) is 8.76. The van der Waals surface area contributed by atoms with Crippen LogP contribution in [-0.2, 0) is 6.18 Å². The third-order valence-corrected chi connectivity index (χ3v) is 4.83. The number of aromatic nitrogens is 2. The number of alkyl halides is 3. The van der Waals surface area contributed by atoms with E-state index in [-0.39, 0.29) is 0 Å². The summed E-state index contributed by atoms with van der Waals surface area (Å²) in [4.78, 5) is 10.5. The van der Waals surface area contributed by atoms with Crippen LogP contribution in [0.1, 0.15) is 37.7 Å². The number of hydrogen-bond acceptors (Lipinski definition) is 4. The van der Waals surface area contributed by atoms with Gasteiger partial charge in [0, 0.05) is 18.5 Å². The summed E-state index contributed by atoms with van der Waals surface area (Å²) in [5.41, 5.74) is 5.44. The second kappa shape index (κ2) is 7.56. The highest BCUT2D eigenvalue weighted by atomic mass is 19.4. The average Bonchev–Trinajstić information content (AvgIpc) is 2.60. The van der Waals surface area contributed by atoms with Crippen LogP contribution in [0.4, 0.5) is 19.0 Å². The van der Waals surface area contributed by atoms with E-state index in [1.54, 1.807) is 0 Å². The first kappa shape index (κ1) is 17.9. The highest BCUT2D eigenvalue weighted by Gasteiger charge is 2.31. The van der Waals surface area contributed by atoms with Crippen LogP contribution in [-0.4, -0.2) is 29.6 Å². The predicted octanol–water partition coefficient (Wildman–Crippen LogP) is 3.99. The van der Waals surface area contributed by atoms with E-state index in [0.717, 1.165) is 51.3 Å². The molecule has 1 aliphatic heterocycles. The molecule has 0 bridgehead atoms. The summed E-state index contributed by atoms with van der Waals surface area (Å²) in [7, 11) is 0. The monoisotopic (exact) mass is 352 g/mol. The Kier molecular flexibility index (Phi) is 5.42. The molecule has 2 aromatic rings. The van der Waals surface area contributed by atoms with E-state index in [0.29, 0.717) is 29.2 Å². The number of hydrogen-bond donors (Lipinski definition) is 1. The van der Waals surface area contributed by atoms with Crippen molar-refractivity contribution >= 4 is 16.7 Å². The van der Waals surface area contributed by atoms with E-state index in [9.17, 15) is 13.2 Å². The van der Waals surface area contributed by atoms with Gasteiger partial charge in [-0.3, -0.25) is 0 Å². The molecule has 136 valence electrons. The molecule has 0 amide bonds. The van der Waals surface area contributed by atoms with E-state index < -0.39 is 11.7 Å². The first-order chi connectivity index (χ1) is 12.0. The lowest BCUT2D eigenvalue weighted by atomic mass is 9.92. The second-order valence-corrected chi connectivity index (χ2v) is 6.67. The van der Waals surface area contributed by atoms with Crippen LogP contribution in [0.5, 0.6) is 0 Å². The molecular formula is C18H23F3N4. The van der Waals surface area contributed by atoms with Crippen LogP contribution in [0.25, 0.3) is 10.9 Å². The Morgan fingerprint density at radius 1 is 1.20 bits per heavy atom. The van der Waals surface area contributed by atoms with Gasteiger partial charge in [0.25, 0.3) is 0 Å². The van der Waals surface area contributed by atoms with E-state index in [1.165, 1.54) is 18.5 Å². The van der Waals surface area contributed by atoms with Crippen molar-refractivity contribution in [2.45, 2.75) is 38.3 Å². The van der Waals surface area contributed by atoms with Gasteiger partial charge in [-0.2, -0.15) is 13.2 Å². The molecule has 1 atom stereocenters. The van der Waals surface area contributed by atoms with Crippen molar-refractivity contribution in [2.24, 2.45) is 11.7 Å². The van der Waals surface area contributed by atoms with Crippen molar-refractivity contribution in [3.8, 4) is 0 Å². The quantitative estimate of drug-likeness (QED) is 0.827. The van der Waals surface area contributed by atoms with Gasteiger partial charge in [0.1, 0.15) is 12.1 Å². The first-order valence-electron chi connectivity index (χ1n) is 8.76. The lowest BCUT2D eigenvalue weighted by molar-refractivity contribution is -0.137. The molecule has 1 unspecified atom stereocenters. The van der Waals surface area contributed by atoms with Gasteiger partial charge in [-0.1, -0.05) is 6.42 Å². The topological polar surface area (TPSA) is 55.0 Å². The maximum atomic E-state index is 13.1. The molecular weight excluding hydrogens is 329 g/mol. The number of anilines is 1. The Labute approximate surface area is 145 Å². The van der Waals surface area contributed by atoms with E-state index >= 15 is 0 Å². The molecule has 0 saturated carbocycles. The van der Waals surface area contributed by atoms with Crippen LogP contribution >= 0.6 is 0 Å². The normalized spacial score (nSPS) is 18.7. The molecule has 1 fully saturated rings. The van der Waals surface area contributed by atoms with Crippen molar-refractivity contribution in [2.75, 3.05) is 24.5 Å². The fraction of sp³-hybridized carbons (Fsp3) is 0.556. The summed E-state index contributed by atoms with van der Waals surface area (Å²) in [6, 6.07) is 3.67. The fourth-order valence-corrected chi connectivity index (χ4v) is 3.54. The van der Waals surface area contributed by atoms with Gasteiger partial charge in [-0.15, -0.1) is 0 Å². The smallest absolute Gasteiger partial charge is 0.356 e. The zero-order valence-corrected chi connectivity index (χ0v) is 14.1. The number of unbranched alkanes of at least 4 members (excludes halogenated alkanes) is 1. The summed E-state index contributed by atoms with van der Waals surface area (Å²) in [5.74, 6) is 1.15. The van der Waals surface area contributed by atoms with E-state index in [1.807, 2.05) is 0 Å². The summed E-state index contributed by atoms with van der Waals surface area (Å²) in [6.07, 6.45) is 2.46. The van der Waals surface area contributed by atoms with Crippen LogP contribution in [0.15, 0.2) is 24.5 Å². The molecule has 1 aliphatic rings. The predicted molar refractivity (Wildman–Crippen MR) is 92.4 cm³/mol. The van der Waals surface area contributed by atoms with Gasteiger partial charge in [-0.25, -0.2) is 9.97 Å². The fourth-order valence-electron chi connectivity index (χ4n) is 3.54. The van der Waals surface area contributed by atoms with E-state index in [4.69, 9.17) is 5.73 Å². The van der Waals surface area contributed by atoms with Crippen LogP contribution in [0.2, 0.25) is 0 Å². The minimum atomic E-state index is -4.37. The van der Waals surface area contributed by atoms with Crippen molar-refractivity contribution in [3.63, 3.8) is 0 Å². The molecule has 3 rings (SSSR count). The Morgan fingerprint density at radius 2 is 2.04 bits per heavy atom. The summed E-state index contributed by atoms with van der Waals surface area (Å²) < 4.78 is 39.2. The number of nitrogens with two attached hydrogens (primary N) is 1.